The molecule has 0 spiro atoms. The van der Waals surface area contributed by atoms with Crippen LogP contribution in [0.25, 0.3) is 5.57 Å². The summed E-state index contributed by atoms with van der Waals surface area (Å²) in [5.74, 6) is 1.02. The first-order valence-corrected chi connectivity index (χ1v) is 10.4. The molecule has 2 N–H and O–H groups in total. The molecule has 3 aromatic carbocycles. The third-order valence-corrected chi connectivity index (χ3v) is 5.44. The second-order valence-electron chi connectivity index (χ2n) is 6.66. The lowest BCUT2D eigenvalue weighted by Gasteiger charge is -2.18. The zero-order chi connectivity index (χ0) is 19.6. The molecule has 144 valence electrons. The summed E-state index contributed by atoms with van der Waals surface area (Å²) >= 11 is 3.69. The highest BCUT2D eigenvalue weighted by molar-refractivity contribution is 9.10. The number of rotatable bonds is 9. The second-order valence-corrected chi connectivity index (χ2v) is 7.51. The van der Waals surface area contributed by atoms with E-state index in [0.29, 0.717) is 13.2 Å². The van der Waals surface area contributed by atoms with Crippen molar-refractivity contribution < 1.29 is 4.74 Å². The zero-order valence-corrected chi connectivity index (χ0v) is 17.6. The molecule has 2 nitrogen and oxygen atoms in total. The Morgan fingerprint density at radius 2 is 1.46 bits per heavy atom. The summed E-state index contributed by atoms with van der Waals surface area (Å²) in [7, 11) is 0. The van der Waals surface area contributed by atoms with E-state index in [1.165, 1.54) is 22.3 Å². The Kier molecular flexibility index (Phi) is 7.89. The van der Waals surface area contributed by atoms with Crippen LogP contribution in [0.4, 0.5) is 0 Å². The van der Waals surface area contributed by atoms with Gasteiger partial charge >= 0.3 is 0 Å². The summed E-state index contributed by atoms with van der Waals surface area (Å²) in [6.07, 6.45) is 2.59. The smallest absolute Gasteiger partial charge is 0.100 e. The van der Waals surface area contributed by atoms with Gasteiger partial charge in [0, 0.05) is 29.4 Å². The second kappa shape index (κ2) is 10.8. The van der Waals surface area contributed by atoms with Crippen LogP contribution < -0.4 is 5.73 Å². The van der Waals surface area contributed by atoms with Crippen LogP contribution in [0, 0.1) is 0 Å². The molecule has 0 saturated heterocycles. The number of aryl methyl sites for hydroxylation is 1. The summed E-state index contributed by atoms with van der Waals surface area (Å²) in [5.41, 5.74) is 10.7. The van der Waals surface area contributed by atoms with E-state index in [2.05, 4.69) is 82.7 Å². The first-order chi connectivity index (χ1) is 13.8. The first-order valence-electron chi connectivity index (χ1n) is 9.65. The molecule has 0 heterocycles. The molecular formula is C25H26BrNO. The van der Waals surface area contributed by atoms with Gasteiger partial charge < -0.3 is 10.5 Å². The lowest BCUT2D eigenvalue weighted by atomic mass is 9.95. The van der Waals surface area contributed by atoms with Crippen molar-refractivity contribution in [1.82, 2.24) is 0 Å². The molecule has 28 heavy (non-hydrogen) atoms. The van der Waals surface area contributed by atoms with Crippen LogP contribution in [0.2, 0.25) is 0 Å². The Morgan fingerprint density at radius 3 is 2.14 bits per heavy atom. The van der Waals surface area contributed by atoms with Crippen molar-refractivity contribution in [2.45, 2.75) is 19.3 Å². The quantitative estimate of drug-likeness (QED) is 0.417. The van der Waals surface area contributed by atoms with Crippen LogP contribution >= 0.6 is 15.9 Å². The number of hydrogen-bond acceptors (Lipinski definition) is 2. The molecule has 3 heteroatoms. The van der Waals surface area contributed by atoms with E-state index in [1.54, 1.807) is 0 Å². The van der Waals surface area contributed by atoms with Crippen molar-refractivity contribution in [2.75, 3.05) is 13.2 Å². The van der Waals surface area contributed by atoms with Crippen molar-refractivity contribution >= 4 is 21.5 Å². The van der Waals surface area contributed by atoms with Gasteiger partial charge in [-0.25, -0.2) is 0 Å². The largest absolute Gasteiger partial charge is 0.496 e. The van der Waals surface area contributed by atoms with E-state index < -0.39 is 0 Å². The van der Waals surface area contributed by atoms with Crippen LogP contribution in [0.1, 0.15) is 23.1 Å². The molecule has 0 aromatic heterocycles. The van der Waals surface area contributed by atoms with E-state index in [4.69, 9.17) is 10.5 Å². The highest BCUT2D eigenvalue weighted by Gasteiger charge is 2.14. The van der Waals surface area contributed by atoms with Gasteiger partial charge in [-0.3, -0.25) is 0 Å². The first kappa shape index (κ1) is 20.4. The van der Waals surface area contributed by atoms with E-state index in [-0.39, 0.29) is 0 Å². The maximum atomic E-state index is 6.18. The Hall–Kier alpha value is -2.36. The third kappa shape index (κ3) is 5.82. The van der Waals surface area contributed by atoms with Gasteiger partial charge in [0.15, 0.2) is 0 Å². The van der Waals surface area contributed by atoms with E-state index >= 15 is 0 Å². The standard InChI is InChI=1S/C25H26BrNO/c26-24-14-8-7-13-22(24)19-23(21-11-5-2-6-12-21)25(28-18-17-27)16-15-20-9-3-1-4-10-20/h1-14H,15-19,27H2. The predicted molar refractivity (Wildman–Crippen MR) is 121 cm³/mol. The highest BCUT2D eigenvalue weighted by Crippen LogP contribution is 2.29. The van der Waals surface area contributed by atoms with Crippen LogP contribution in [0.5, 0.6) is 0 Å². The monoisotopic (exact) mass is 435 g/mol. The molecule has 0 aliphatic heterocycles. The SMILES string of the molecule is NCCOC(CCc1ccccc1)=C(Cc1ccccc1Br)c1ccccc1. The van der Waals surface area contributed by atoms with Gasteiger partial charge in [-0.2, -0.15) is 0 Å². The number of ether oxygens (including phenoxy) is 1. The zero-order valence-electron chi connectivity index (χ0n) is 16.0. The van der Waals surface area contributed by atoms with Crippen molar-refractivity contribution in [1.29, 1.82) is 0 Å². The maximum absolute atomic E-state index is 6.18. The molecule has 0 unspecified atom stereocenters. The molecule has 3 rings (SSSR count). The molecule has 0 aliphatic rings. The van der Waals surface area contributed by atoms with Crippen LogP contribution in [0.15, 0.2) is 95.2 Å². The molecule has 0 saturated carbocycles. The van der Waals surface area contributed by atoms with Crippen LogP contribution in [-0.4, -0.2) is 13.2 Å². The van der Waals surface area contributed by atoms with Crippen molar-refractivity contribution in [3.63, 3.8) is 0 Å². The molecular weight excluding hydrogens is 410 g/mol. The summed E-state index contributed by atoms with van der Waals surface area (Å²) in [6, 6.07) is 29.4. The Morgan fingerprint density at radius 1 is 0.821 bits per heavy atom. The van der Waals surface area contributed by atoms with Gasteiger partial charge in [0.1, 0.15) is 5.76 Å². The normalized spacial score (nSPS) is 11.8. The average molecular weight is 436 g/mol. The molecule has 3 aromatic rings. The molecule has 0 bridgehead atoms. The number of benzene rings is 3. The lowest BCUT2D eigenvalue weighted by molar-refractivity contribution is 0.212. The number of nitrogens with two attached hydrogens (primary N) is 1. The molecule has 0 radical (unpaired) electrons. The number of hydrogen-bond donors (Lipinski definition) is 1. The van der Waals surface area contributed by atoms with E-state index in [0.717, 1.165) is 29.5 Å². The van der Waals surface area contributed by atoms with Gasteiger partial charge in [0.05, 0.1) is 6.61 Å². The number of allylic oxidation sites excluding steroid dienone is 2. The summed E-state index contributed by atoms with van der Waals surface area (Å²) in [5, 5.41) is 0. The average Bonchev–Trinajstić information content (AvgIpc) is 2.75. The van der Waals surface area contributed by atoms with Crippen LogP contribution in [-0.2, 0) is 17.6 Å². The minimum Gasteiger partial charge on any atom is -0.496 e. The number of halogens is 1. The van der Waals surface area contributed by atoms with Gasteiger partial charge in [0.2, 0.25) is 0 Å². The lowest BCUT2D eigenvalue weighted by Crippen LogP contribution is -2.10. The van der Waals surface area contributed by atoms with Gasteiger partial charge in [0.25, 0.3) is 0 Å². The summed E-state index contributed by atoms with van der Waals surface area (Å²) in [4.78, 5) is 0. The van der Waals surface area contributed by atoms with E-state index in [9.17, 15) is 0 Å². The van der Waals surface area contributed by atoms with Gasteiger partial charge in [-0.05, 0) is 29.2 Å². The van der Waals surface area contributed by atoms with Crippen molar-refractivity contribution in [2.24, 2.45) is 5.73 Å². The van der Waals surface area contributed by atoms with Crippen LogP contribution in [0.3, 0.4) is 0 Å². The molecule has 0 atom stereocenters. The van der Waals surface area contributed by atoms with E-state index in [1.807, 2.05) is 18.2 Å². The molecule has 0 aliphatic carbocycles. The molecule has 0 fully saturated rings. The Bertz CT molecular complexity index is 891. The molecule has 0 amide bonds. The van der Waals surface area contributed by atoms with Crippen molar-refractivity contribution in [3.8, 4) is 0 Å². The summed E-state index contributed by atoms with van der Waals surface area (Å²) < 4.78 is 7.30. The predicted octanol–water partition coefficient (Wildman–Crippen LogP) is 6.01. The Balaban J connectivity index is 1.97. The van der Waals surface area contributed by atoms with Gasteiger partial charge in [-0.1, -0.05) is 94.8 Å². The fraction of sp³-hybridized carbons (Fsp3) is 0.200. The van der Waals surface area contributed by atoms with Crippen molar-refractivity contribution in [3.05, 3.63) is 112 Å². The minimum absolute atomic E-state index is 0.506. The minimum atomic E-state index is 0.506. The fourth-order valence-electron chi connectivity index (χ4n) is 3.23. The Labute approximate surface area is 176 Å². The topological polar surface area (TPSA) is 35.2 Å². The fourth-order valence-corrected chi connectivity index (χ4v) is 3.65. The third-order valence-electron chi connectivity index (χ3n) is 4.66. The maximum Gasteiger partial charge on any atom is 0.100 e. The van der Waals surface area contributed by atoms with Gasteiger partial charge in [-0.15, -0.1) is 0 Å². The highest BCUT2D eigenvalue weighted by atomic mass is 79.9. The summed E-state index contributed by atoms with van der Waals surface area (Å²) in [6.45, 7) is 1.03.